The van der Waals surface area contributed by atoms with Crippen LogP contribution in [0.5, 0.6) is 0 Å². The van der Waals surface area contributed by atoms with Crippen molar-refractivity contribution in [3.05, 3.63) is 58.3 Å². The molecule has 24 heavy (non-hydrogen) atoms. The maximum atomic E-state index is 12.3. The molecule has 0 radical (unpaired) electrons. The summed E-state index contributed by atoms with van der Waals surface area (Å²) in [5, 5.41) is 6.93. The van der Waals surface area contributed by atoms with E-state index < -0.39 is 0 Å². The van der Waals surface area contributed by atoms with E-state index in [1.807, 2.05) is 38.1 Å². The van der Waals surface area contributed by atoms with Gasteiger partial charge in [0.25, 0.3) is 5.56 Å². The molecule has 0 spiro atoms. The first-order valence-corrected chi connectivity index (χ1v) is 7.69. The van der Waals surface area contributed by atoms with E-state index in [9.17, 15) is 9.59 Å². The Hall–Kier alpha value is -2.96. The Balaban J connectivity index is 1.74. The summed E-state index contributed by atoms with van der Waals surface area (Å²) in [5.41, 5.74) is 2.76. The van der Waals surface area contributed by atoms with Crippen molar-refractivity contribution in [3.8, 4) is 0 Å². The molecule has 124 valence electrons. The van der Waals surface area contributed by atoms with Crippen LogP contribution in [0.3, 0.4) is 0 Å². The average molecular weight is 325 g/mol. The topological polar surface area (TPSA) is 81.8 Å². The first kappa shape index (κ1) is 15.9. The highest BCUT2D eigenvalue weighted by Crippen LogP contribution is 2.13. The monoisotopic (exact) mass is 325 g/mol. The van der Waals surface area contributed by atoms with Crippen LogP contribution < -0.4 is 10.9 Å². The Labute approximate surface area is 138 Å². The molecule has 7 heteroatoms. The fourth-order valence-corrected chi connectivity index (χ4v) is 2.53. The van der Waals surface area contributed by atoms with Crippen molar-refractivity contribution in [3.63, 3.8) is 0 Å². The van der Waals surface area contributed by atoms with Crippen LogP contribution >= 0.6 is 0 Å². The summed E-state index contributed by atoms with van der Waals surface area (Å²) in [4.78, 5) is 28.6. The normalized spacial score (nSPS) is 12.3. The number of imidazole rings is 1. The van der Waals surface area contributed by atoms with Gasteiger partial charge in [0, 0.05) is 7.05 Å². The van der Waals surface area contributed by atoms with Gasteiger partial charge in [-0.3, -0.25) is 9.59 Å². The molecule has 1 N–H and O–H groups in total. The molecule has 1 aromatic carbocycles. The molecule has 0 aliphatic heterocycles. The molecule has 1 amide bonds. The minimum Gasteiger partial charge on any atom is -0.348 e. The summed E-state index contributed by atoms with van der Waals surface area (Å²) in [6.07, 6.45) is 3.10. The number of nitrogens with one attached hydrogen (secondary N) is 1. The molecule has 1 unspecified atom stereocenters. The van der Waals surface area contributed by atoms with Crippen molar-refractivity contribution in [1.29, 1.82) is 0 Å². The largest absolute Gasteiger partial charge is 0.348 e. The molecule has 0 aliphatic rings. The standard InChI is InChI=1S/C17H19N5O2/c1-11-4-6-13(7-5-11)12(2)20-15(23)9-22-17(24)16-14(8-19-22)21(3)10-18-16/h4-8,10,12H,9H2,1-3H3,(H,20,23). The number of carbonyl (C=O) groups excluding carboxylic acids is 1. The van der Waals surface area contributed by atoms with Crippen molar-refractivity contribution in [2.24, 2.45) is 7.05 Å². The third-order valence-electron chi connectivity index (χ3n) is 3.99. The lowest BCUT2D eigenvalue weighted by Crippen LogP contribution is -2.35. The highest BCUT2D eigenvalue weighted by molar-refractivity contribution is 5.77. The van der Waals surface area contributed by atoms with Gasteiger partial charge in [-0.05, 0) is 19.4 Å². The summed E-state index contributed by atoms with van der Waals surface area (Å²) in [6.45, 7) is 3.78. The van der Waals surface area contributed by atoms with Crippen molar-refractivity contribution in [2.75, 3.05) is 0 Å². The van der Waals surface area contributed by atoms with E-state index in [-0.39, 0.29) is 24.1 Å². The van der Waals surface area contributed by atoms with E-state index >= 15 is 0 Å². The van der Waals surface area contributed by atoms with Crippen LogP contribution in [-0.4, -0.2) is 25.2 Å². The number of benzene rings is 1. The zero-order valence-electron chi connectivity index (χ0n) is 13.9. The van der Waals surface area contributed by atoms with Crippen LogP contribution in [0.2, 0.25) is 0 Å². The lowest BCUT2D eigenvalue weighted by atomic mass is 10.1. The Kier molecular flexibility index (Phi) is 4.16. The van der Waals surface area contributed by atoms with Gasteiger partial charge >= 0.3 is 0 Å². The minimum absolute atomic E-state index is 0.137. The Morgan fingerprint density at radius 2 is 2.00 bits per heavy atom. The maximum Gasteiger partial charge on any atom is 0.295 e. The van der Waals surface area contributed by atoms with E-state index in [2.05, 4.69) is 15.4 Å². The number of rotatable bonds is 4. The molecule has 3 rings (SSSR count). The number of aromatic nitrogens is 4. The number of aryl methyl sites for hydroxylation is 2. The van der Waals surface area contributed by atoms with Crippen LogP contribution in [0, 0.1) is 6.92 Å². The van der Waals surface area contributed by atoms with E-state index in [4.69, 9.17) is 0 Å². The van der Waals surface area contributed by atoms with Crippen LogP contribution in [0.25, 0.3) is 11.0 Å². The first-order valence-electron chi connectivity index (χ1n) is 7.69. The molecule has 2 aromatic heterocycles. The molecular weight excluding hydrogens is 306 g/mol. The third-order valence-corrected chi connectivity index (χ3v) is 3.99. The molecule has 0 fully saturated rings. The van der Waals surface area contributed by atoms with E-state index in [0.29, 0.717) is 11.0 Å². The van der Waals surface area contributed by atoms with Crippen molar-refractivity contribution < 1.29 is 4.79 Å². The second-order valence-corrected chi connectivity index (χ2v) is 5.90. The number of hydrogen-bond acceptors (Lipinski definition) is 4. The number of fused-ring (bicyclic) bond motifs is 1. The van der Waals surface area contributed by atoms with Crippen molar-refractivity contribution in [1.82, 2.24) is 24.6 Å². The summed E-state index contributed by atoms with van der Waals surface area (Å²) >= 11 is 0. The average Bonchev–Trinajstić information content (AvgIpc) is 2.92. The molecule has 0 saturated carbocycles. The molecular formula is C17H19N5O2. The Bertz CT molecular complexity index is 940. The predicted molar refractivity (Wildman–Crippen MR) is 90.5 cm³/mol. The zero-order chi connectivity index (χ0) is 17.3. The van der Waals surface area contributed by atoms with Gasteiger partial charge < -0.3 is 9.88 Å². The highest BCUT2D eigenvalue weighted by atomic mass is 16.2. The van der Waals surface area contributed by atoms with Crippen LogP contribution in [0.4, 0.5) is 0 Å². The van der Waals surface area contributed by atoms with E-state index in [0.717, 1.165) is 15.8 Å². The fraction of sp³-hybridized carbons (Fsp3) is 0.294. The van der Waals surface area contributed by atoms with Crippen molar-refractivity contribution >= 4 is 16.9 Å². The first-order chi connectivity index (χ1) is 11.5. The van der Waals surface area contributed by atoms with Gasteiger partial charge in [-0.25, -0.2) is 9.67 Å². The third kappa shape index (κ3) is 3.05. The van der Waals surface area contributed by atoms with Gasteiger partial charge in [-0.2, -0.15) is 5.10 Å². The van der Waals surface area contributed by atoms with E-state index in [1.165, 1.54) is 0 Å². The summed E-state index contributed by atoms with van der Waals surface area (Å²) in [7, 11) is 1.79. The minimum atomic E-state index is -0.369. The van der Waals surface area contributed by atoms with Gasteiger partial charge in [0.05, 0.1) is 24.1 Å². The number of amides is 1. The molecule has 2 heterocycles. The number of carbonyl (C=O) groups is 1. The SMILES string of the molecule is Cc1ccc(C(C)NC(=O)Cn2ncc3c(ncn3C)c2=O)cc1. The maximum absolute atomic E-state index is 12.3. The number of nitrogens with zero attached hydrogens (tertiary/aromatic N) is 4. The smallest absolute Gasteiger partial charge is 0.295 e. The fourth-order valence-electron chi connectivity index (χ4n) is 2.53. The molecule has 1 atom stereocenters. The second kappa shape index (κ2) is 6.27. The number of hydrogen-bond donors (Lipinski definition) is 1. The van der Waals surface area contributed by atoms with Gasteiger partial charge in [0.1, 0.15) is 6.54 Å². The molecule has 0 bridgehead atoms. The Morgan fingerprint density at radius 3 is 2.71 bits per heavy atom. The zero-order valence-corrected chi connectivity index (χ0v) is 13.9. The molecule has 0 aliphatic carbocycles. The highest BCUT2D eigenvalue weighted by Gasteiger charge is 2.13. The molecule has 7 nitrogen and oxygen atoms in total. The summed E-state index contributed by atoms with van der Waals surface area (Å²) in [5.74, 6) is -0.270. The summed E-state index contributed by atoms with van der Waals surface area (Å²) < 4.78 is 2.85. The van der Waals surface area contributed by atoms with Gasteiger partial charge in [0.15, 0.2) is 5.52 Å². The van der Waals surface area contributed by atoms with Crippen LogP contribution in [-0.2, 0) is 18.4 Å². The van der Waals surface area contributed by atoms with Crippen LogP contribution in [0.15, 0.2) is 41.6 Å². The molecule has 0 saturated heterocycles. The Morgan fingerprint density at radius 1 is 1.29 bits per heavy atom. The van der Waals surface area contributed by atoms with E-state index in [1.54, 1.807) is 24.1 Å². The van der Waals surface area contributed by atoms with Gasteiger partial charge in [-0.1, -0.05) is 29.8 Å². The second-order valence-electron chi connectivity index (χ2n) is 5.90. The summed E-state index contributed by atoms with van der Waals surface area (Å²) in [6, 6.07) is 7.81. The lowest BCUT2D eigenvalue weighted by molar-refractivity contribution is -0.122. The molecule has 3 aromatic rings. The predicted octanol–water partition coefficient (Wildman–Crippen LogP) is 1.32. The lowest BCUT2D eigenvalue weighted by Gasteiger charge is -2.15. The van der Waals surface area contributed by atoms with Gasteiger partial charge in [0.2, 0.25) is 5.91 Å². The van der Waals surface area contributed by atoms with Crippen molar-refractivity contribution in [2.45, 2.75) is 26.4 Å². The van der Waals surface area contributed by atoms with Gasteiger partial charge in [-0.15, -0.1) is 0 Å². The van der Waals surface area contributed by atoms with Crippen LogP contribution in [0.1, 0.15) is 24.1 Å². The quantitative estimate of drug-likeness (QED) is 0.784.